The molecular weight excluding hydrogens is 322 g/mol. The average molecular weight is 343 g/mol. The van der Waals surface area contributed by atoms with Crippen LogP contribution in [0.4, 0.5) is 0 Å². The van der Waals surface area contributed by atoms with Gasteiger partial charge in [0.25, 0.3) is 5.91 Å². The molecule has 2 rings (SSSR count). The molecule has 0 aromatic heterocycles. The summed E-state index contributed by atoms with van der Waals surface area (Å²) in [5.74, 6) is -0.265. The number of nitrogens with zero attached hydrogens (tertiary/aromatic N) is 1. The highest BCUT2D eigenvalue weighted by Crippen LogP contribution is 2.24. The Morgan fingerprint density at radius 2 is 1.56 bits per heavy atom. The quantitative estimate of drug-likeness (QED) is 0.836. The fraction of sp³-hybridized carbons (Fsp3) is 0.263. The molecule has 0 unspecified atom stereocenters. The Bertz CT molecular complexity index is 733. The molecule has 0 saturated heterocycles. The fourth-order valence-electron chi connectivity index (χ4n) is 2.42. The maximum absolute atomic E-state index is 12.7. The minimum atomic E-state index is -1.07. The Balaban J connectivity index is 2.30. The molecule has 1 amide bonds. The molecule has 2 aromatic carbocycles. The molecule has 132 valence electrons. The van der Waals surface area contributed by atoms with Crippen molar-refractivity contribution >= 4 is 11.9 Å². The van der Waals surface area contributed by atoms with Gasteiger partial charge in [0.1, 0.15) is 18.0 Å². The number of aryl methyl sites for hydroxylation is 1. The van der Waals surface area contributed by atoms with Gasteiger partial charge in [0.15, 0.2) is 0 Å². The van der Waals surface area contributed by atoms with Crippen LogP contribution in [-0.4, -0.2) is 42.6 Å². The number of hydrogen-bond donors (Lipinski definition) is 1. The van der Waals surface area contributed by atoms with E-state index in [4.69, 9.17) is 14.6 Å². The smallest absolute Gasteiger partial charge is 0.323 e. The molecule has 6 nitrogen and oxygen atoms in total. The van der Waals surface area contributed by atoms with Gasteiger partial charge in [0.2, 0.25) is 0 Å². The number of carboxylic acids is 1. The van der Waals surface area contributed by atoms with Crippen LogP contribution in [-0.2, 0) is 11.3 Å². The first kappa shape index (κ1) is 18.3. The van der Waals surface area contributed by atoms with E-state index in [0.717, 1.165) is 11.1 Å². The van der Waals surface area contributed by atoms with E-state index in [0.29, 0.717) is 17.1 Å². The zero-order valence-corrected chi connectivity index (χ0v) is 14.5. The van der Waals surface area contributed by atoms with E-state index < -0.39 is 12.5 Å². The average Bonchev–Trinajstić information content (AvgIpc) is 2.60. The summed E-state index contributed by atoms with van der Waals surface area (Å²) in [6.45, 7) is 1.66. The van der Waals surface area contributed by atoms with Crippen LogP contribution in [0, 0.1) is 6.92 Å². The third-order valence-electron chi connectivity index (χ3n) is 3.70. The number of ether oxygens (including phenoxy) is 2. The lowest BCUT2D eigenvalue weighted by Crippen LogP contribution is -2.35. The molecule has 0 heterocycles. The van der Waals surface area contributed by atoms with Gasteiger partial charge in [-0.15, -0.1) is 0 Å². The van der Waals surface area contributed by atoms with E-state index in [1.165, 1.54) is 19.1 Å². The SMILES string of the molecule is COc1cc(CN(CC(=O)O)C(=O)c2ccc(C)cc2)cc(OC)c1. The number of carbonyl (C=O) groups is 2. The van der Waals surface area contributed by atoms with Crippen LogP contribution in [0.25, 0.3) is 0 Å². The van der Waals surface area contributed by atoms with Crippen LogP contribution >= 0.6 is 0 Å². The summed E-state index contributed by atoms with van der Waals surface area (Å²) < 4.78 is 10.4. The third kappa shape index (κ3) is 4.97. The summed E-state index contributed by atoms with van der Waals surface area (Å²) >= 11 is 0. The molecule has 0 saturated carbocycles. The Labute approximate surface area is 146 Å². The molecule has 0 aliphatic carbocycles. The van der Waals surface area contributed by atoms with Crippen molar-refractivity contribution in [1.82, 2.24) is 4.90 Å². The Hall–Kier alpha value is -3.02. The Morgan fingerprint density at radius 1 is 1.00 bits per heavy atom. The van der Waals surface area contributed by atoms with Crippen molar-refractivity contribution in [3.63, 3.8) is 0 Å². The van der Waals surface area contributed by atoms with Gasteiger partial charge >= 0.3 is 5.97 Å². The standard InChI is InChI=1S/C19H21NO5/c1-13-4-6-15(7-5-13)19(23)20(12-18(21)22)11-14-8-16(24-2)10-17(9-14)25-3/h4-10H,11-12H2,1-3H3,(H,21,22). The largest absolute Gasteiger partial charge is 0.497 e. The number of carboxylic acid groups (broad SMARTS) is 1. The molecular formula is C19H21NO5. The minimum absolute atomic E-state index is 0.132. The van der Waals surface area contributed by atoms with Gasteiger partial charge < -0.3 is 19.5 Å². The minimum Gasteiger partial charge on any atom is -0.497 e. The second-order valence-corrected chi connectivity index (χ2v) is 5.64. The molecule has 6 heteroatoms. The monoisotopic (exact) mass is 343 g/mol. The number of aliphatic carboxylic acids is 1. The summed E-state index contributed by atoms with van der Waals surface area (Å²) in [5.41, 5.74) is 2.19. The van der Waals surface area contributed by atoms with Crippen molar-refractivity contribution in [1.29, 1.82) is 0 Å². The van der Waals surface area contributed by atoms with Crippen LogP contribution in [0.2, 0.25) is 0 Å². The van der Waals surface area contributed by atoms with Gasteiger partial charge in [-0.1, -0.05) is 17.7 Å². The summed E-state index contributed by atoms with van der Waals surface area (Å²) in [5, 5.41) is 9.16. The lowest BCUT2D eigenvalue weighted by Gasteiger charge is -2.21. The van der Waals surface area contributed by atoms with Crippen molar-refractivity contribution in [3.8, 4) is 11.5 Å². The molecule has 0 bridgehead atoms. The first-order chi connectivity index (χ1) is 11.9. The zero-order valence-electron chi connectivity index (χ0n) is 14.5. The van der Waals surface area contributed by atoms with Crippen molar-refractivity contribution in [2.24, 2.45) is 0 Å². The van der Waals surface area contributed by atoms with Crippen LogP contribution in [0.15, 0.2) is 42.5 Å². The van der Waals surface area contributed by atoms with Gasteiger partial charge in [-0.25, -0.2) is 0 Å². The third-order valence-corrected chi connectivity index (χ3v) is 3.70. The van der Waals surface area contributed by atoms with Gasteiger partial charge in [-0.3, -0.25) is 9.59 Å². The summed E-state index contributed by atoms with van der Waals surface area (Å²) in [4.78, 5) is 25.2. The van der Waals surface area contributed by atoms with E-state index in [1.54, 1.807) is 30.3 Å². The molecule has 2 aromatic rings. The van der Waals surface area contributed by atoms with Gasteiger partial charge in [0.05, 0.1) is 14.2 Å². The zero-order chi connectivity index (χ0) is 18.4. The van der Waals surface area contributed by atoms with Crippen molar-refractivity contribution in [2.45, 2.75) is 13.5 Å². The lowest BCUT2D eigenvalue weighted by molar-refractivity contribution is -0.137. The highest BCUT2D eigenvalue weighted by atomic mass is 16.5. The first-order valence-corrected chi connectivity index (χ1v) is 7.72. The molecule has 25 heavy (non-hydrogen) atoms. The van der Waals surface area contributed by atoms with Gasteiger partial charge in [0, 0.05) is 18.2 Å². The second-order valence-electron chi connectivity index (χ2n) is 5.64. The molecule has 1 N–H and O–H groups in total. The van der Waals surface area contributed by atoms with E-state index >= 15 is 0 Å². The fourth-order valence-corrected chi connectivity index (χ4v) is 2.42. The highest BCUT2D eigenvalue weighted by molar-refractivity contribution is 5.95. The highest BCUT2D eigenvalue weighted by Gasteiger charge is 2.19. The number of rotatable bonds is 7. The predicted molar refractivity (Wildman–Crippen MR) is 93.1 cm³/mol. The molecule has 0 atom stereocenters. The maximum atomic E-state index is 12.7. The number of carbonyl (C=O) groups excluding carboxylic acids is 1. The number of methoxy groups -OCH3 is 2. The topological polar surface area (TPSA) is 76.1 Å². The van der Waals surface area contributed by atoms with E-state index in [9.17, 15) is 9.59 Å². The van der Waals surface area contributed by atoms with Crippen LogP contribution in [0.1, 0.15) is 21.5 Å². The first-order valence-electron chi connectivity index (χ1n) is 7.72. The molecule has 0 spiro atoms. The van der Waals surface area contributed by atoms with E-state index in [-0.39, 0.29) is 12.5 Å². The molecule has 0 aliphatic heterocycles. The second kappa shape index (κ2) is 8.19. The number of amides is 1. The summed E-state index contributed by atoms with van der Waals surface area (Å²) in [6, 6.07) is 12.2. The molecule has 0 aliphatic rings. The summed E-state index contributed by atoms with van der Waals surface area (Å²) in [7, 11) is 3.07. The van der Waals surface area contributed by atoms with Crippen LogP contribution in [0.5, 0.6) is 11.5 Å². The van der Waals surface area contributed by atoms with Crippen molar-refractivity contribution < 1.29 is 24.2 Å². The molecule has 0 fully saturated rings. The number of hydrogen-bond acceptors (Lipinski definition) is 4. The van der Waals surface area contributed by atoms with E-state index in [1.807, 2.05) is 19.1 Å². The summed E-state index contributed by atoms with van der Waals surface area (Å²) in [6.07, 6.45) is 0. The van der Waals surface area contributed by atoms with Gasteiger partial charge in [-0.2, -0.15) is 0 Å². The van der Waals surface area contributed by atoms with E-state index in [2.05, 4.69) is 0 Å². The van der Waals surface area contributed by atoms with Crippen molar-refractivity contribution in [2.75, 3.05) is 20.8 Å². The van der Waals surface area contributed by atoms with Crippen molar-refractivity contribution in [3.05, 3.63) is 59.2 Å². The Morgan fingerprint density at radius 3 is 2.04 bits per heavy atom. The Kier molecular flexibility index (Phi) is 6.00. The lowest BCUT2D eigenvalue weighted by atomic mass is 10.1. The normalized spacial score (nSPS) is 10.2. The molecule has 0 radical (unpaired) electrons. The number of benzene rings is 2. The van der Waals surface area contributed by atoms with Crippen LogP contribution in [0.3, 0.4) is 0 Å². The predicted octanol–water partition coefficient (Wildman–Crippen LogP) is 2.74. The van der Waals surface area contributed by atoms with Crippen LogP contribution < -0.4 is 9.47 Å². The van der Waals surface area contributed by atoms with Gasteiger partial charge in [-0.05, 0) is 36.8 Å². The maximum Gasteiger partial charge on any atom is 0.323 e.